The first-order valence-corrected chi connectivity index (χ1v) is 6.42. The number of rotatable bonds is 4. The summed E-state index contributed by atoms with van der Waals surface area (Å²) in [4.78, 5) is 7.66. The summed E-state index contributed by atoms with van der Waals surface area (Å²) in [7, 11) is 0. The molecule has 1 heterocycles. The fourth-order valence-electron chi connectivity index (χ4n) is 2.55. The Hall–Kier alpha value is -1.43. The zero-order valence-electron chi connectivity index (χ0n) is 10.6. The van der Waals surface area contributed by atoms with Gasteiger partial charge in [-0.25, -0.2) is 15.2 Å². The minimum Gasteiger partial charge on any atom is -0.367 e. The number of nitrogens with two attached hydrogens (primary N) is 1. The molecular formula is C12H20FN5. The molecule has 2 rings (SSSR count). The molecule has 1 aliphatic rings. The van der Waals surface area contributed by atoms with E-state index in [-0.39, 0.29) is 11.8 Å². The van der Waals surface area contributed by atoms with Crippen molar-refractivity contribution in [3.8, 4) is 0 Å². The molecule has 0 aliphatic heterocycles. The highest BCUT2D eigenvalue weighted by molar-refractivity contribution is 5.40. The lowest BCUT2D eigenvalue weighted by Crippen LogP contribution is -2.22. The molecule has 1 aliphatic carbocycles. The van der Waals surface area contributed by atoms with Gasteiger partial charge in [-0.2, -0.15) is 4.98 Å². The standard InChI is InChI=1S/C12H20FN5/c1-8-3-2-4-9(5-8)6-15-11-10(13)7-16-12(17-11)18-14/h7-9H,2-6,14H2,1H3,(H2,15,16,17,18). The van der Waals surface area contributed by atoms with Crippen LogP contribution in [0.3, 0.4) is 0 Å². The van der Waals surface area contributed by atoms with Gasteiger partial charge in [0, 0.05) is 6.54 Å². The first kappa shape index (κ1) is 13.0. The molecule has 18 heavy (non-hydrogen) atoms. The van der Waals surface area contributed by atoms with Gasteiger partial charge in [-0.15, -0.1) is 0 Å². The molecule has 2 unspecified atom stereocenters. The van der Waals surface area contributed by atoms with Crippen molar-refractivity contribution in [3.63, 3.8) is 0 Å². The van der Waals surface area contributed by atoms with Crippen molar-refractivity contribution in [3.05, 3.63) is 12.0 Å². The van der Waals surface area contributed by atoms with Gasteiger partial charge >= 0.3 is 0 Å². The van der Waals surface area contributed by atoms with E-state index in [0.717, 1.165) is 18.7 Å². The van der Waals surface area contributed by atoms with Gasteiger partial charge in [0.2, 0.25) is 5.95 Å². The molecule has 1 saturated carbocycles. The minimum atomic E-state index is -0.446. The van der Waals surface area contributed by atoms with E-state index in [1.165, 1.54) is 25.7 Å². The highest BCUT2D eigenvalue weighted by Crippen LogP contribution is 2.28. The number of hydrogen-bond donors (Lipinski definition) is 3. The largest absolute Gasteiger partial charge is 0.367 e. The van der Waals surface area contributed by atoms with E-state index in [0.29, 0.717) is 5.92 Å². The molecule has 1 aromatic rings. The quantitative estimate of drug-likeness (QED) is 0.566. The molecule has 5 nitrogen and oxygen atoms in total. The predicted molar refractivity (Wildman–Crippen MR) is 69.4 cm³/mol. The summed E-state index contributed by atoms with van der Waals surface area (Å²) in [6, 6.07) is 0. The minimum absolute atomic E-state index is 0.218. The fourth-order valence-corrected chi connectivity index (χ4v) is 2.55. The number of hydrazine groups is 1. The number of hydrogen-bond acceptors (Lipinski definition) is 5. The van der Waals surface area contributed by atoms with Gasteiger partial charge in [0.1, 0.15) is 0 Å². The third-order valence-corrected chi connectivity index (χ3v) is 3.48. The van der Waals surface area contributed by atoms with Crippen LogP contribution in [0.2, 0.25) is 0 Å². The van der Waals surface area contributed by atoms with Crippen molar-refractivity contribution in [2.75, 3.05) is 17.3 Å². The van der Waals surface area contributed by atoms with Crippen LogP contribution in [-0.4, -0.2) is 16.5 Å². The van der Waals surface area contributed by atoms with E-state index >= 15 is 0 Å². The highest BCUT2D eigenvalue weighted by Gasteiger charge is 2.19. The van der Waals surface area contributed by atoms with Crippen molar-refractivity contribution in [1.29, 1.82) is 0 Å². The summed E-state index contributed by atoms with van der Waals surface area (Å²) in [5.41, 5.74) is 2.31. The molecule has 2 atom stereocenters. The molecule has 4 N–H and O–H groups in total. The third-order valence-electron chi connectivity index (χ3n) is 3.48. The second-order valence-corrected chi connectivity index (χ2v) is 5.05. The van der Waals surface area contributed by atoms with E-state index < -0.39 is 5.82 Å². The summed E-state index contributed by atoms with van der Waals surface area (Å²) in [5.74, 6) is 6.55. The maximum absolute atomic E-state index is 13.5. The topological polar surface area (TPSA) is 75.9 Å². The Morgan fingerprint density at radius 3 is 3.06 bits per heavy atom. The van der Waals surface area contributed by atoms with Gasteiger partial charge in [0.25, 0.3) is 0 Å². The fraction of sp³-hybridized carbons (Fsp3) is 0.667. The SMILES string of the molecule is CC1CCCC(CNc2nc(NN)ncc2F)C1. The molecule has 6 heteroatoms. The molecule has 1 fully saturated rings. The third kappa shape index (κ3) is 3.29. The maximum atomic E-state index is 13.5. The van der Waals surface area contributed by atoms with Crippen LogP contribution < -0.4 is 16.6 Å². The average Bonchev–Trinajstić information content (AvgIpc) is 2.38. The van der Waals surface area contributed by atoms with Crippen molar-refractivity contribution in [2.24, 2.45) is 17.7 Å². The van der Waals surface area contributed by atoms with Crippen LogP contribution in [0.15, 0.2) is 6.20 Å². The molecule has 0 bridgehead atoms. The lowest BCUT2D eigenvalue weighted by atomic mass is 9.82. The Morgan fingerprint density at radius 2 is 2.33 bits per heavy atom. The Labute approximate surface area is 106 Å². The Bertz CT molecular complexity index is 398. The van der Waals surface area contributed by atoms with Crippen LogP contribution in [0.25, 0.3) is 0 Å². The smallest absolute Gasteiger partial charge is 0.239 e. The predicted octanol–water partition coefficient (Wildman–Crippen LogP) is 2.14. The molecule has 0 spiro atoms. The molecule has 0 radical (unpaired) electrons. The molecule has 0 amide bonds. The number of halogens is 1. The van der Waals surface area contributed by atoms with Crippen LogP contribution in [0.4, 0.5) is 16.2 Å². The summed E-state index contributed by atoms with van der Waals surface area (Å²) in [6.45, 7) is 3.02. The van der Waals surface area contributed by atoms with Crippen molar-refractivity contribution >= 4 is 11.8 Å². The van der Waals surface area contributed by atoms with Crippen molar-refractivity contribution in [1.82, 2.24) is 9.97 Å². The van der Waals surface area contributed by atoms with Gasteiger partial charge < -0.3 is 5.32 Å². The summed E-state index contributed by atoms with van der Waals surface area (Å²) < 4.78 is 13.5. The summed E-state index contributed by atoms with van der Waals surface area (Å²) >= 11 is 0. The average molecular weight is 253 g/mol. The van der Waals surface area contributed by atoms with Gasteiger partial charge in [-0.1, -0.05) is 19.8 Å². The first-order chi connectivity index (χ1) is 8.69. The van der Waals surface area contributed by atoms with E-state index in [1.54, 1.807) is 0 Å². The van der Waals surface area contributed by atoms with Gasteiger partial charge in [0.05, 0.1) is 6.20 Å². The normalized spacial score (nSPS) is 23.7. The second-order valence-electron chi connectivity index (χ2n) is 5.05. The lowest BCUT2D eigenvalue weighted by Gasteiger charge is -2.26. The second kappa shape index (κ2) is 5.95. The molecule has 0 saturated heterocycles. The Kier molecular flexibility index (Phi) is 4.30. The molecule has 1 aromatic heterocycles. The van der Waals surface area contributed by atoms with Crippen LogP contribution in [0.5, 0.6) is 0 Å². The maximum Gasteiger partial charge on any atom is 0.239 e. The van der Waals surface area contributed by atoms with E-state index in [2.05, 4.69) is 27.6 Å². The first-order valence-electron chi connectivity index (χ1n) is 6.42. The Morgan fingerprint density at radius 1 is 1.50 bits per heavy atom. The number of nitrogens with one attached hydrogen (secondary N) is 2. The van der Waals surface area contributed by atoms with Gasteiger partial charge in [-0.05, 0) is 24.7 Å². The highest BCUT2D eigenvalue weighted by atomic mass is 19.1. The zero-order chi connectivity index (χ0) is 13.0. The summed E-state index contributed by atoms with van der Waals surface area (Å²) in [5, 5.41) is 3.06. The van der Waals surface area contributed by atoms with Crippen LogP contribution in [-0.2, 0) is 0 Å². The van der Waals surface area contributed by atoms with Crippen LogP contribution in [0, 0.1) is 17.7 Å². The van der Waals surface area contributed by atoms with E-state index in [4.69, 9.17) is 5.84 Å². The van der Waals surface area contributed by atoms with Crippen LogP contribution in [0.1, 0.15) is 32.6 Å². The molecule has 100 valence electrons. The molecular weight excluding hydrogens is 233 g/mol. The van der Waals surface area contributed by atoms with E-state index in [9.17, 15) is 4.39 Å². The lowest BCUT2D eigenvalue weighted by molar-refractivity contribution is 0.293. The van der Waals surface area contributed by atoms with Gasteiger partial charge in [-0.3, -0.25) is 5.43 Å². The number of anilines is 2. The summed E-state index contributed by atoms with van der Waals surface area (Å²) in [6.07, 6.45) is 6.08. The van der Waals surface area contributed by atoms with Crippen molar-refractivity contribution < 1.29 is 4.39 Å². The number of nitrogen functional groups attached to an aromatic ring is 1. The van der Waals surface area contributed by atoms with Crippen molar-refractivity contribution in [2.45, 2.75) is 32.6 Å². The Balaban J connectivity index is 1.92. The zero-order valence-corrected chi connectivity index (χ0v) is 10.6. The number of nitrogens with zero attached hydrogens (tertiary/aromatic N) is 2. The molecule has 0 aromatic carbocycles. The monoisotopic (exact) mass is 253 g/mol. The van der Waals surface area contributed by atoms with Gasteiger partial charge in [0.15, 0.2) is 11.6 Å². The number of aromatic nitrogens is 2. The van der Waals surface area contributed by atoms with E-state index in [1.807, 2.05) is 0 Å². The van der Waals surface area contributed by atoms with Crippen LogP contribution >= 0.6 is 0 Å².